The largest absolute Gasteiger partial charge is 0.493 e. The fourth-order valence-corrected chi connectivity index (χ4v) is 6.21. The summed E-state index contributed by atoms with van der Waals surface area (Å²) in [6, 6.07) is 24.9. The van der Waals surface area contributed by atoms with Gasteiger partial charge in [-0.15, -0.1) is 15.0 Å². The van der Waals surface area contributed by atoms with E-state index >= 15 is 0 Å². The summed E-state index contributed by atoms with van der Waals surface area (Å²) in [5.74, 6) is 2.81. The van der Waals surface area contributed by atoms with Crippen molar-refractivity contribution in [2.24, 2.45) is 0 Å². The first-order chi connectivity index (χ1) is 25.0. The van der Waals surface area contributed by atoms with Gasteiger partial charge >= 0.3 is 6.09 Å². The summed E-state index contributed by atoms with van der Waals surface area (Å²) < 4.78 is 27.7. The molecule has 0 aliphatic carbocycles. The number of fused-ring (bicyclic) bond motifs is 2. The number of amides is 1. The fraction of sp³-hybridized carbons (Fsp3) is 0.237. The van der Waals surface area contributed by atoms with E-state index in [1.165, 1.54) is 35.7 Å². The van der Waals surface area contributed by atoms with Crippen LogP contribution in [0.2, 0.25) is 0 Å². The van der Waals surface area contributed by atoms with E-state index in [9.17, 15) is 4.79 Å². The molecular weight excluding hydrogens is 650 g/mol. The van der Waals surface area contributed by atoms with Crippen LogP contribution in [0.4, 0.5) is 10.5 Å². The van der Waals surface area contributed by atoms with Gasteiger partial charge in [-0.25, -0.2) is 9.78 Å². The minimum absolute atomic E-state index is 0.183. The number of nitrogens with zero attached hydrogens (tertiary/aromatic N) is 6. The Balaban J connectivity index is 1.05. The van der Waals surface area contributed by atoms with E-state index < -0.39 is 6.09 Å². The third-order valence-corrected chi connectivity index (χ3v) is 8.92. The second kappa shape index (κ2) is 14.7. The van der Waals surface area contributed by atoms with Gasteiger partial charge in [0.2, 0.25) is 11.7 Å². The Hall–Kier alpha value is -6.21. The second-order valence-electron chi connectivity index (χ2n) is 11.9. The van der Waals surface area contributed by atoms with E-state index in [-0.39, 0.29) is 11.7 Å². The van der Waals surface area contributed by atoms with Gasteiger partial charge in [0, 0.05) is 37.3 Å². The van der Waals surface area contributed by atoms with Crippen LogP contribution < -0.4 is 29.0 Å². The van der Waals surface area contributed by atoms with Crippen LogP contribution in [0.5, 0.6) is 28.9 Å². The van der Waals surface area contributed by atoms with Crippen molar-refractivity contribution in [3.63, 3.8) is 0 Å². The highest BCUT2D eigenvalue weighted by Gasteiger charge is 2.21. The number of rotatable bonds is 11. The van der Waals surface area contributed by atoms with Crippen LogP contribution in [0.15, 0.2) is 85.1 Å². The normalized spacial score (nSPS) is 12.6. The predicted molar refractivity (Wildman–Crippen MR) is 191 cm³/mol. The average Bonchev–Trinajstić information content (AvgIpc) is 3.66. The monoisotopic (exact) mass is 687 g/mol. The average molecular weight is 688 g/mol. The number of hydrogen-bond donors (Lipinski definition) is 1. The Morgan fingerprint density at radius 1 is 0.824 bits per heavy atom. The third-order valence-electron chi connectivity index (χ3n) is 8.92. The Labute approximate surface area is 294 Å². The zero-order valence-corrected chi connectivity index (χ0v) is 28.8. The van der Waals surface area contributed by atoms with E-state index in [2.05, 4.69) is 54.9 Å². The van der Waals surface area contributed by atoms with Crippen molar-refractivity contribution in [3.05, 3.63) is 102 Å². The summed E-state index contributed by atoms with van der Waals surface area (Å²) in [7, 11) is 6.37. The molecule has 6 aromatic rings. The molecule has 0 atom stereocenters. The molecule has 1 aliphatic rings. The van der Waals surface area contributed by atoms with Crippen LogP contribution in [0, 0.1) is 0 Å². The molecule has 7 rings (SSSR count). The number of carbonyl (C=O) groups excluding carboxylic acids is 1. The summed E-state index contributed by atoms with van der Waals surface area (Å²) in [5, 5.41) is 17.6. The summed E-state index contributed by atoms with van der Waals surface area (Å²) in [6.45, 7) is 2.77. The van der Waals surface area contributed by atoms with Crippen LogP contribution in [0.3, 0.4) is 0 Å². The van der Waals surface area contributed by atoms with Crippen molar-refractivity contribution < 1.29 is 28.5 Å². The quantitative estimate of drug-likeness (QED) is 0.169. The van der Waals surface area contributed by atoms with Crippen LogP contribution in [-0.4, -0.2) is 77.7 Å². The highest BCUT2D eigenvalue weighted by atomic mass is 16.6. The van der Waals surface area contributed by atoms with Crippen LogP contribution in [0.25, 0.3) is 27.8 Å². The molecule has 1 amide bonds. The maximum atomic E-state index is 13.2. The number of ether oxygens (including phenoxy) is 5. The molecule has 0 saturated carbocycles. The number of hydrogen-bond acceptors (Lipinski definition) is 11. The third kappa shape index (κ3) is 7.10. The Kier molecular flexibility index (Phi) is 9.61. The van der Waals surface area contributed by atoms with Crippen molar-refractivity contribution in [2.45, 2.75) is 19.4 Å². The van der Waals surface area contributed by atoms with Gasteiger partial charge in [0.15, 0.2) is 23.0 Å². The van der Waals surface area contributed by atoms with Crippen LogP contribution >= 0.6 is 0 Å². The molecule has 0 bridgehead atoms. The first-order valence-corrected chi connectivity index (χ1v) is 16.4. The van der Waals surface area contributed by atoms with E-state index in [1.807, 2.05) is 42.5 Å². The van der Waals surface area contributed by atoms with Crippen molar-refractivity contribution in [1.82, 2.24) is 30.1 Å². The first-order valence-electron chi connectivity index (χ1n) is 16.4. The number of benzene rings is 4. The number of tetrazole rings is 1. The predicted octanol–water partition coefficient (Wildman–Crippen LogP) is 6.12. The number of nitrogens with one attached hydrogen (secondary N) is 1. The first kappa shape index (κ1) is 33.3. The van der Waals surface area contributed by atoms with Gasteiger partial charge in [0.05, 0.1) is 45.4 Å². The summed E-state index contributed by atoms with van der Waals surface area (Å²) in [6.07, 6.45) is 2.70. The maximum absolute atomic E-state index is 13.2. The molecule has 0 fully saturated rings. The van der Waals surface area contributed by atoms with Gasteiger partial charge in [0.1, 0.15) is 0 Å². The molecule has 4 aromatic carbocycles. The number of aromatic nitrogens is 5. The Morgan fingerprint density at radius 3 is 2.29 bits per heavy atom. The number of anilines is 1. The SMILES string of the molecule is COc1cc2c(cc1OC)CN(CCc1ccc(-n3nnc(-c4cc(OC)c(OC)cc4NC(=O)Oc4nccc5ccccc45)n3)cc1)CC2. The van der Waals surface area contributed by atoms with Gasteiger partial charge in [-0.3, -0.25) is 10.2 Å². The molecule has 3 heterocycles. The molecule has 0 radical (unpaired) electrons. The molecule has 260 valence electrons. The van der Waals surface area contributed by atoms with Crippen molar-refractivity contribution in [3.8, 4) is 46.0 Å². The standard InChI is InChI=1S/C38H37N7O6/c1-47-32-19-26-15-18-44(23-27(26)20-33(32)48-2)17-14-24-9-11-28(12-10-24)45-42-36(41-43-45)30-21-34(49-3)35(50-4)22-31(30)40-38(46)51-37-29-8-6-5-7-25(29)13-16-39-37/h5-13,16,19-22H,14-15,17-18,23H2,1-4H3,(H,40,46). The van der Waals surface area contributed by atoms with E-state index in [0.29, 0.717) is 28.1 Å². The maximum Gasteiger partial charge on any atom is 0.418 e. The molecule has 2 aromatic heterocycles. The molecular formula is C38H37N7O6. The lowest BCUT2D eigenvalue weighted by atomic mass is 9.98. The van der Waals surface area contributed by atoms with Crippen LogP contribution in [0.1, 0.15) is 16.7 Å². The topological polar surface area (TPSA) is 135 Å². The van der Waals surface area contributed by atoms with Gasteiger partial charge in [-0.05, 0) is 82.6 Å². The molecule has 0 unspecified atom stereocenters. The zero-order valence-electron chi connectivity index (χ0n) is 28.8. The lowest BCUT2D eigenvalue weighted by molar-refractivity contribution is 0.214. The van der Waals surface area contributed by atoms with Crippen LogP contribution in [-0.2, 0) is 19.4 Å². The molecule has 51 heavy (non-hydrogen) atoms. The molecule has 13 heteroatoms. The molecule has 0 spiro atoms. The molecule has 13 nitrogen and oxygen atoms in total. The minimum Gasteiger partial charge on any atom is -0.493 e. The van der Waals surface area contributed by atoms with Gasteiger partial charge in [-0.2, -0.15) is 0 Å². The smallest absolute Gasteiger partial charge is 0.418 e. The number of pyridine rings is 1. The lowest BCUT2D eigenvalue weighted by Crippen LogP contribution is -2.32. The van der Waals surface area contributed by atoms with E-state index in [1.54, 1.807) is 32.5 Å². The molecule has 1 aliphatic heterocycles. The molecule has 0 saturated heterocycles. The number of methoxy groups -OCH3 is 4. The number of carbonyl (C=O) groups is 1. The second-order valence-corrected chi connectivity index (χ2v) is 11.9. The van der Waals surface area contributed by atoms with E-state index in [0.717, 1.165) is 55.0 Å². The highest BCUT2D eigenvalue weighted by molar-refractivity contribution is 5.95. The van der Waals surface area contributed by atoms with Crippen molar-refractivity contribution in [2.75, 3.05) is 46.8 Å². The van der Waals surface area contributed by atoms with Crippen molar-refractivity contribution >= 4 is 22.6 Å². The fourth-order valence-electron chi connectivity index (χ4n) is 6.21. The summed E-state index contributed by atoms with van der Waals surface area (Å²) in [4.78, 5) is 21.3. The summed E-state index contributed by atoms with van der Waals surface area (Å²) >= 11 is 0. The molecule has 1 N–H and O–H groups in total. The zero-order chi connectivity index (χ0) is 35.3. The lowest BCUT2D eigenvalue weighted by Gasteiger charge is -2.29. The minimum atomic E-state index is -0.746. The van der Waals surface area contributed by atoms with Crippen molar-refractivity contribution in [1.29, 1.82) is 0 Å². The van der Waals surface area contributed by atoms with Gasteiger partial charge < -0.3 is 23.7 Å². The Bertz CT molecular complexity index is 2180. The summed E-state index contributed by atoms with van der Waals surface area (Å²) in [5.41, 5.74) is 5.31. The Morgan fingerprint density at radius 2 is 1.53 bits per heavy atom. The highest BCUT2D eigenvalue weighted by Crippen LogP contribution is 2.38. The van der Waals surface area contributed by atoms with Gasteiger partial charge in [-0.1, -0.05) is 30.3 Å². The van der Waals surface area contributed by atoms with Gasteiger partial charge in [0.25, 0.3) is 0 Å². The van der Waals surface area contributed by atoms with E-state index in [4.69, 9.17) is 23.7 Å².